The molecule has 2 unspecified atom stereocenters. The van der Waals surface area contributed by atoms with Gasteiger partial charge in [-0.25, -0.2) is 4.57 Å². The third-order valence-corrected chi connectivity index (χ3v) is 9.76. The molecule has 0 aliphatic heterocycles. The zero-order valence-electron chi connectivity index (χ0n) is 16.9. The standard InChI is InChI=1S/C20H25O3PSi.2ClH.Ti/c1-13-14(2)19(20(4,15(13)3)25(5)6)23-24(21,22)18-11-16-9-7-8-10-17(16)12-18;;;/h7-12H,1-6H3,(H,21,22);2*1H;/q-1;;;+3/p-2. The van der Waals surface area contributed by atoms with Gasteiger partial charge in [-0.2, -0.15) is 6.07 Å². The van der Waals surface area contributed by atoms with Crippen LogP contribution in [0.25, 0.3) is 10.8 Å². The van der Waals surface area contributed by atoms with Crippen molar-refractivity contribution in [2.24, 2.45) is 0 Å². The summed E-state index contributed by atoms with van der Waals surface area (Å²) in [5, 5.41) is 2.01. The van der Waals surface area contributed by atoms with E-state index in [0.717, 1.165) is 16.3 Å². The van der Waals surface area contributed by atoms with Crippen molar-refractivity contribution in [3.63, 3.8) is 0 Å². The van der Waals surface area contributed by atoms with Gasteiger partial charge in [0.05, 0.1) is 8.80 Å². The second-order valence-corrected chi connectivity index (χ2v) is 12.0. The second kappa shape index (κ2) is 9.75. The molecular weight excluding hydrogens is 466 g/mol. The van der Waals surface area contributed by atoms with E-state index in [1.54, 1.807) is 12.1 Å². The molecule has 1 N–H and O–H groups in total. The van der Waals surface area contributed by atoms with E-state index in [2.05, 4.69) is 33.9 Å². The molecule has 0 bridgehead atoms. The molecule has 0 amide bonds. The summed E-state index contributed by atoms with van der Waals surface area (Å²) >= 11 is 0. The Morgan fingerprint density at radius 1 is 1.11 bits per heavy atom. The maximum absolute atomic E-state index is 13.1. The van der Waals surface area contributed by atoms with Gasteiger partial charge in [-0.15, -0.1) is 35.0 Å². The Balaban J connectivity index is 0.00000243. The Kier molecular flexibility index (Phi) is 9.68. The summed E-state index contributed by atoms with van der Waals surface area (Å²) in [7, 11) is -4.77. The van der Waals surface area contributed by atoms with E-state index in [0.29, 0.717) is 11.1 Å². The van der Waals surface area contributed by atoms with E-state index >= 15 is 0 Å². The van der Waals surface area contributed by atoms with Crippen LogP contribution in [0.5, 0.6) is 0 Å². The largest absolute Gasteiger partial charge is 3.00 e. The van der Waals surface area contributed by atoms with Gasteiger partial charge in [0.2, 0.25) is 0 Å². The molecule has 0 spiro atoms. The van der Waals surface area contributed by atoms with Crippen LogP contribution in [0.1, 0.15) is 27.7 Å². The van der Waals surface area contributed by atoms with E-state index in [4.69, 9.17) is 4.52 Å². The van der Waals surface area contributed by atoms with Gasteiger partial charge in [0.1, 0.15) is 5.76 Å². The SMILES string of the molecule is CC1=C(C)C(C)([Si](C)C)C(OP(=O)(O)c2cc3ccccc3[cH-]2)=C1C.[Cl-].[Cl-].[Ti+3]. The van der Waals surface area contributed by atoms with Crippen molar-refractivity contribution < 1.29 is 60.5 Å². The van der Waals surface area contributed by atoms with E-state index in [-0.39, 0.29) is 51.6 Å². The summed E-state index contributed by atoms with van der Waals surface area (Å²) in [5.41, 5.74) is 3.43. The first-order chi connectivity index (χ1) is 11.6. The van der Waals surface area contributed by atoms with Crippen molar-refractivity contribution in [2.45, 2.75) is 45.8 Å². The van der Waals surface area contributed by atoms with Gasteiger partial charge in [-0.1, -0.05) is 31.7 Å². The summed E-state index contributed by atoms with van der Waals surface area (Å²) < 4.78 is 19.0. The van der Waals surface area contributed by atoms with Gasteiger partial charge in [-0.05, 0) is 37.2 Å². The van der Waals surface area contributed by atoms with Crippen LogP contribution >= 0.6 is 7.60 Å². The molecule has 2 radical (unpaired) electrons. The Bertz CT molecular complexity index is 934. The molecule has 150 valence electrons. The van der Waals surface area contributed by atoms with E-state index in [9.17, 15) is 9.46 Å². The van der Waals surface area contributed by atoms with Gasteiger partial charge >= 0.3 is 29.3 Å². The van der Waals surface area contributed by atoms with Crippen LogP contribution in [-0.4, -0.2) is 13.7 Å². The third-order valence-electron chi connectivity index (χ3n) is 5.81. The molecule has 2 aromatic rings. The monoisotopic (exact) mass is 490 g/mol. The fourth-order valence-corrected chi connectivity index (χ4v) is 6.60. The van der Waals surface area contributed by atoms with Crippen LogP contribution in [-0.2, 0) is 30.8 Å². The molecule has 2 atom stereocenters. The summed E-state index contributed by atoms with van der Waals surface area (Å²) in [6, 6.07) is 11.3. The number of allylic oxidation sites excluding steroid dienone is 3. The molecule has 0 fully saturated rings. The van der Waals surface area contributed by atoms with Crippen LogP contribution in [0.3, 0.4) is 0 Å². The first kappa shape index (κ1) is 27.8. The van der Waals surface area contributed by atoms with Crippen LogP contribution in [0.2, 0.25) is 18.1 Å². The minimum absolute atomic E-state index is 0. The third kappa shape index (κ3) is 4.44. The maximum atomic E-state index is 13.1. The van der Waals surface area contributed by atoms with E-state index in [1.807, 2.05) is 31.2 Å². The predicted molar refractivity (Wildman–Crippen MR) is 107 cm³/mol. The molecule has 3 nitrogen and oxygen atoms in total. The molecule has 0 saturated heterocycles. The molecule has 28 heavy (non-hydrogen) atoms. The molecule has 8 heteroatoms. The maximum Gasteiger partial charge on any atom is 3.00 e. The molecule has 2 aromatic carbocycles. The van der Waals surface area contributed by atoms with Crippen LogP contribution in [0.4, 0.5) is 0 Å². The molecule has 1 aliphatic rings. The number of hydrogen-bond acceptors (Lipinski definition) is 2. The first-order valence-corrected chi connectivity index (χ1v) is 12.6. The van der Waals surface area contributed by atoms with Crippen LogP contribution in [0.15, 0.2) is 58.9 Å². The number of halogens is 2. The van der Waals surface area contributed by atoms with Crippen LogP contribution < -0.4 is 30.1 Å². The van der Waals surface area contributed by atoms with Crippen molar-refractivity contribution in [3.05, 3.63) is 58.9 Å². The number of hydrogen-bond donors (Lipinski definition) is 1. The van der Waals surface area contributed by atoms with Gasteiger partial charge in [0.15, 0.2) is 0 Å². The summed E-state index contributed by atoms with van der Waals surface area (Å²) in [4.78, 5) is 10.7. The Morgan fingerprint density at radius 3 is 2.21 bits per heavy atom. The smallest absolute Gasteiger partial charge is 1.00 e. The molecule has 1 aliphatic carbocycles. The number of benzene rings is 1. The fourth-order valence-electron chi connectivity index (χ4n) is 3.61. The summed E-state index contributed by atoms with van der Waals surface area (Å²) in [5.74, 6) is 0.678. The zero-order valence-corrected chi connectivity index (χ0v) is 21.9. The molecular formula is C20H25Cl2O3PSiTi. The summed E-state index contributed by atoms with van der Waals surface area (Å²) in [6.45, 7) is 12.8. The zero-order chi connectivity index (χ0) is 18.6. The Hall–Kier alpha value is -0.189. The Labute approximate surface area is 196 Å². The van der Waals surface area contributed by atoms with Gasteiger partial charge in [0.25, 0.3) is 0 Å². The van der Waals surface area contributed by atoms with Crippen molar-refractivity contribution in [1.29, 1.82) is 0 Å². The average molecular weight is 491 g/mol. The normalized spacial score (nSPS) is 21.1. The molecule has 3 rings (SSSR count). The topological polar surface area (TPSA) is 46.5 Å². The minimum Gasteiger partial charge on any atom is -1.00 e. The minimum atomic E-state index is -3.94. The van der Waals surface area contributed by atoms with Gasteiger partial charge in [-0.3, -0.25) is 0 Å². The van der Waals surface area contributed by atoms with Crippen molar-refractivity contribution in [3.8, 4) is 0 Å². The van der Waals surface area contributed by atoms with Gasteiger partial charge in [0, 0.05) is 5.04 Å². The Morgan fingerprint density at radius 2 is 1.68 bits per heavy atom. The molecule has 0 saturated carbocycles. The quantitative estimate of drug-likeness (QED) is 0.358. The molecule has 0 heterocycles. The van der Waals surface area contributed by atoms with Gasteiger partial charge < -0.3 is 34.2 Å². The summed E-state index contributed by atoms with van der Waals surface area (Å²) in [6.07, 6.45) is 0. The van der Waals surface area contributed by atoms with Crippen LogP contribution in [0, 0.1) is 0 Å². The first-order valence-electron chi connectivity index (χ1n) is 8.47. The van der Waals surface area contributed by atoms with Crippen molar-refractivity contribution in [2.75, 3.05) is 0 Å². The average Bonchev–Trinajstić information content (AvgIpc) is 3.07. The number of fused-ring (bicyclic) bond motifs is 1. The van der Waals surface area contributed by atoms with E-state index < -0.39 is 16.4 Å². The second-order valence-electron chi connectivity index (χ2n) is 7.28. The van der Waals surface area contributed by atoms with Crippen molar-refractivity contribution >= 4 is 32.5 Å². The molecule has 0 aromatic heterocycles. The number of rotatable bonds is 4. The fraction of sp³-hybridized carbons (Fsp3) is 0.350. The van der Waals surface area contributed by atoms with Crippen molar-refractivity contribution in [1.82, 2.24) is 0 Å². The van der Waals surface area contributed by atoms with E-state index in [1.165, 1.54) is 11.1 Å². The predicted octanol–water partition coefficient (Wildman–Crippen LogP) is -0.470.